The van der Waals surface area contributed by atoms with Crippen molar-refractivity contribution in [2.75, 3.05) is 26.7 Å². The van der Waals surface area contributed by atoms with Crippen LogP contribution >= 0.6 is 0 Å². The van der Waals surface area contributed by atoms with E-state index in [1.165, 1.54) is 24.1 Å². The van der Waals surface area contributed by atoms with Crippen LogP contribution in [0.1, 0.15) is 77.2 Å². The van der Waals surface area contributed by atoms with Gasteiger partial charge in [-0.3, -0.25) is 19.3 Å². The number of benzene rings is 1. The lowest BCUT2D eigenvalue weighted by atomic mass is 9.85. The van der Waals surface area contributed by atoms with Gasteiger partial charge in [0.25, 0.3) is 5.91 Å². The number of fused-ring (bicyclic) bond motifs is 1. The highest BCUT2D eigenvalue weighted by molar-refractivity contribution is 5.96. The minimum Gasteiger partial charge on any atom is -0.444 e. The molecule has 4 rings (SSSR count). The molecule has 1 aromatic carbocycles. The molecule has 3 atom stereocenters. The first kappa shape index (κ1) is 36.4. The van der Waals surface area contributed by atoms with Gasteiger partial charge in [-0.15, -0.1) is 0 Å². The average Bonchev–Trinajstić information content (AvgIpc) is 3.67. The molecule has 0 spiro atoms. The van der Waals surface area contributed by atoms with E-state index in [-0.39, 0.29) is 23.7 Å². The van der Waals surface area contributed by atoms with Crippen LogP contribution in [-0.2, 0) is 20.7 Å². The maximum absolute atomic E-state index is 14.3. The van der Waals surface area contributed by atoms with Gasteiger partial charge in [0.15, 0.2) is 0 Å². The summed E-state index contributed by atoms with van der Waals surface area (Å²) in [7, 11) is 1.49. The Hall–Kier alpha value is -4.41. The lowest BCUT2D eigenvalue weighted by Gasteiger charge is -2.38. The summed E-state index contributed by atoms with van der Waals surface area (Å²) in [5, 5.41) is 2.93. The number of nitrogens with zero attached hydrogens (tertiary/aromatic N) is 4. The number of hydrogen-bond donors (Lipinski definition) is 1. The third-order valence-electron chi connectivity index (χ3n) is 8.76. The molecule has 4 amide bonds. The second kappa shape index (κ2) is 14.8. The van der Waals surface area contributed by atoms with E-state index in [0.29, 0.717) is 38.0 Å². The number of ether oxygens (including phenoxy) is 1. The first-order valence-electron chi connectivity index (χ1n) is 16.6. The van der Waals surface area contributed by atoms with E-state index in [4.69, 9.17) is 4.74 Å². The normalized spacial score (nSPS) is 16.4. The number of likely N-dealkylation sites (N-methyl/N-ethyl adjacent to an activating group) is 1. The summed E-state index contributed by atoms with van der Waals surface area (Å²) >= 11 is 0. The fraction of sp³-hybridized carbons (Fsp3) is 0.514. The van der Waals surface area contributed by atoms with Crippen molar-refractivity contribution >= 4 is 29.3 Å². The monoisotopic (exact) mass is 663 g/mol. The van der Waals surface area contributed by atoms with Crippen molar-refractivity contribution < 1.29 is 28.3 Å². The molecule has 1 aliphatic rings. The molecular formula is C37H50FN5O5. The number of hydrogen-bond acceptors (Lipinski definition) is 5. The van der Waals surface area contributed by atoms with Crippen molar-refractivity contribution in [3.8, 4) is 0 Å². The zero-order valence-electron chi connectivity index (χ0n) is 29.5. The van der Waals surface area contributed by atoms with Gasteiger partial charge in [0, 0.05) is 50.6 Å². The molecule has 3 unspecified atom stereocenters. The van der Waals surface area contributed by atoms with Gasteiger partial charge >= 0.3 is 6.09 Å². The summed E-state index contributed by atoms with van der Waals surface area (Å²) in [6, 6.07) is 11.8. The Labute approximate surface area is 283 Å². The molecule has 0 saturated carbocycles. The first-order valence-corrected chi connectivity index (χ1v) is 16.6. The topological polar surface area (TPSA) is 104 Å². The zero-order chi connectivity index (χ0) is 35.4. The maximum Gasteiger partial charge on any atom is 0.410 e. The summed E-state index contributed by atoms with van der Waals surface area (Å²) in [6.07, 6.45) is 5.04. The summed E-state index contributed by atoms with van der Waals surface area (Å²) in [6.45, 7) is 13.7. The molecule has 1 N–H and O–H groups in total. The average molecular weight is 664 g/mol. The van der Waals surface area contributed by atoms with Crippen LogP contribution in [0.4, 0.5) is 9.18 Å². The number of aromatic nitrogens is 1. The van der Waals surface area contributed by atoms with Crippen molar-refractivity contribution in [1.82, 2.24) is 24.4 Å². The number of carbonyl (C=O) groups excluding carboxylic acids is 4. The lowest BCUT2D eigenvalue weighted by molar-refractivity contribution is -0.141. The summed E-state index contributed by atoms with van der Waals surface area (Å²) < 4.78 is 20.9. The van der Waals surface area contributed by atoms with Crippen molar-refractivity contribution in [1.29, 1.82) is 0 Å². The van der Waals surface area contributed by atoms with Crippen LogP contribution in [-0.4, -0.2) is 93.3 Å². The highest BCUT2D eigenvalue weighted by Crippen LogP contribution is 2.27. The van der Waals surface area contributed by atoms with Crippen LogP contribution in [0.25, 0.3) is 5.52 Å². The van der Waals surface area contributed by atoms with Gasteiger partial charge in [0.1, 0.15) is 23.5 Å². The van der Waals surface area contributed by atoms with Crippen molar-refractivity contribution in [2.45, 2.75) is 91.5 Å². The van der Waals surface area contributed by atoms with Crippen LogP contribution in [0, 0.1) is 11.2 Å². The van der Waals surface area contributed by atoms with Gasteiger partial charge in [-0.2, -0.15) is 0 Å². The van der Waals surface area contributed by atoms with Gasteiger partial charge in [-0.05, 0) is 88.3 Å². The third-order valence-corrected chi connectivity index (χ3v) is 8.76. The number of nitrogens with one attached hydrogen (secondary N) is 1. The predicted octanol–water partition coefficient (Wildman–Crippen LogP) is 5.54. The Balaban J connectivity index is 1.53. The molecule has 10 nitrogen and oxygen atoms in total. The number of halogens is 1. The van der Waals surface area contributed by atoms with Gasteiger partial charge in [-0.25, -0.2) is 9.18 Å². The van der Waals surface area contributed by atoms with Gasteiger partial charge in [-0.1, -0.05) is 39.0 Å². The summed E-state index contributed by atoms with van der Waals surface area (Å²) in [5.41, 5.74) is 0.969. The van der Waals surface area contributed by atoms with E-state index in [1.54, 1.807) is 55.8 Å². The Morgan fingerprint density at radius 3 is 2.35 bits per heavy atom. The quantitative estimate of drug-likeness (QED) is 0.307. The molecule has 0 aliphatic carbocycles. The second-order valence-corrected chi connectivity index (χ2v) is 14.8. The Bertz CT molecular complexity index is 1570. The Kier molecular flexibility index (Phi) is 11.2. The minimum atomic E-state index is -0.885. The van der Waals surface area contributed by atoms with Crippen LogP contribution in [0.2, 0.25) is 0 Å². The van der Waals surface area contributed by atoms with Gasteiger partial charge < -0.3 is 24.3 Å². The van der Waals surface area contributed by atoms with E-state index in [9.17, 15) is 23.6 Å². The molecule has 3 heterocycles. The smallest absolute Gasteiger partial charge is 0.410 e. The van der Waals surface area contributed by atoms with Crippen LogP contribution in [0.15, 0.2) is 60.9 Å². The van der Waals surface area contributed by atoms with E-state index < -0.39 is 35.1 Å². The number of amides is 4. The Morgan fingerprint density at radius 2 is 1.73 bits per heavy atom. The molecule has 1 saturated heterocycles. The molecule has 0 radical (unpaired) electrons. The highest BCUT2D eigenvalue weighted by atomic mass is 19.1. The van der Waals surface area contributed by atoms with E-state index >= 15 is 0 Å². The van der Waals surface area contributed by atoms with Crippen LogP contribution in [0.5, 0.6) is 0 Å². The molecule has 48 heavy (non-hydrogen) atoms. The third kappa shape index (κ3) is 9.14. The van der Waals surface area contributed by atoms with Crippen molar-refractivity contribution in [3.63, 3.8) is 0 Å². The van der Waals surface area contributed by atoms with E-state index in [0.717, 1.165) is 17.5 Å². The van der Waals surface area contributed by atoms with Gasteiger partial charge in [0.05, 0.1) is 5.56 Å². The van der Waals surface area contributed by atoms with Crippen LogP contribution < -0.4 is 5.32 Å². The maximum atomic E-state index is 14.3. The standard InChI is InChI=1S/C37H50FN5O5/c1-25(40(8)35(47)48-37(5,6)7)32(44)39-31(36(2,3)4)34(46)43-20-11-13-30(43)24-42(21-18-26-14-16-28(38)17-15-26)33(45)27-22-29-12-9-10-19-41(29)23-27/h9-10,12,14-17,19,22-23,25,30-31H,11,13,18,20-21,24H2,1-8H3,(H,39,44). The number of rotatable bonds is 10. The summed E-state index contributed by atoms with van der Waals surface area (Å²) in [5.74, 6) is -1.17. The molecule has 3 aromatic rings. The Morgan fingerprint density at radius 1 is 1.04 bits per heavy atom. The number of pyridine rings is 1. The number of likely N-dealkylation sites (tertiary alicyclic amines) is 1. The minimum absolute atomic E-state index is 0.153. The fourth-order valence-corrected chi connectivity index (χ4v) is 5.86. The van der Waals surface area contributed by atoms with Crippen molar-refractivity contribution in [2.24, 2.45) is 5.41 Å². The number of carbonyl (C=O) groups is 4. The largest absolute Gasteiger partial charge is 0.444 e. The molecule has 1 fully saturated rings. The molecule has 11 heteroatoms. The van der Waals surface area contributed by atoms with E-state index in [1.807, 2.05) is 55.6 Å². The molecule has 1 aliphatic heterocycles. The fourth-order valence-electron chi connectivity index (χ4n) is 5.86. The lowest BCUT2D eigenvalue weighted by Crippen LogP contribution is -2.59. The SMILES string of the molecule is CC(C(=O)NC(C(=O)N1CCCC1CN(CCc1ccc(F)cc1)C(=O)c1cc2ccccn2c1)C(C)(C)C)N(C)C(=O)OC(C)(C)C. The first-order chi connectivity index (χ1) is 22.4. The summed E-state index contributed by atoms with van der Waals surface area (Å²) in [4.78, 5) is 59.2. The highest BCUT2D eigenvalue weighted by Gasteiger charge is 2.41. The predicted molar refractivity (Wildman–Crippen MR) is 183 cm³/mol. The second-order valence-electron chi connectivity index (χ2n) is 14.8. The molecule has 0 bridgehead atoms. The molecule has 2 aromatic heterocycles. The van der Waals surface area contributed by atoms with Crippen molar-refractivity contribution in [3.05, 3.63) is 77.9 Å². The van der Waals surface area contributed by atoms with Gasteiger partial charge in [0.2, 0.25) is 11.8 Å². The zero-order valence-corrected chi connectivity index (χ0v) is 29.5. The van der Waals surface area contributed by atoms with E-state index in [2.05, 4.69) is 5.32 Å². The van der Waals surface area contributed by atoms with Crippen LogP contribution in [0.3, 0.4) is 0 Å². The molecular weight excluding hydrogens is 613 g/mol. The molecule has 260 valence electrons.